The van der Waals surface area contributed by atoms with Gasteiger partial charge in [-0.15, -0.1) is 0 Å². The molecule has 0 aromatic heterocycles. The van der Waals surface area contributed by atoms with E-state index >= 15 is 0 Å². The minimum Gasteiger partial charge on any atom is -0.501 e. The van der Waals surface area contributed by atoms with E-state index in [1.807, 2.05) is 12.1 Å². The van der Waals surface area contributed by atoms with Crippen LogP contribution in [0.5, 0.6) is 5.75 Å². The van der Waals surface area contributed by atoms with E-state index in [1.165, 1.54) is 23.3 Å². The number of nitrogens with two attached hydrogens (primary N) is 1. The van der Waals surface area contributed by atoms with Crippen molar-refractivity contribution in [2.75, 3.05) is 14.2 Å². The van der Waals surface area contributed by atoms with Crippen LogP contribution in [-0.4, -0.2) is 22.6 Å². The molecule has 3 rings (SSSR count). The molecular formula is C21H23NO4S. The molecule has 0 aliphatic heterocycles. The average Bonchev–Trinajstić information content (AvgIpc) is 2.96. The first kappa shape index (κ1) is 19.2. The quantitative estimate of drug-likeness (QED) is 0.771. The van der Waals surface area contributed by atoms with Crippen LogP contribution in [0, 0.1) is 0 Å². The molecule has 0 radical (unpaired) electrons. The van der Waals surface area contributed by atoms with Crippen LogP contribution in [0.1, 0.15) is 29.5 Å². The van der Waals surface area contributed by atoms with Gasteiger partial charge in [-0.1, -0.05) is 30.4 Å². The summed E-state index contributed by atoms with van der Waals surface area (Å²) >= 11 is 0. The minimum absolute atomic E-state index is 0.0761. The fourth-order valence-corrected chi connectivity index (χ4v) is 4.10. The monoisotopic (exact) mass is 385 g/mol. The maximum absolute atomic E-state index is 11.6. The van der Waals surface area contributed by atoms with Crippen LogP contribution < -0.4 is 9.88 Å². The highest BCUT2D eigenvalue weighted by atomic mass is 32.2. The van der Waals surface area contributed by atoms with Gasteiger partial charge in [0.25, 0.3) is 0 Å². The highest BCUT2D eigenvalue weighted by molar-refractivity contribution is 7.89. The van der Waals surface area contributed by atoms with Crippen LogP contribution in [0.15, 0.2) is 65.3 Å². The van der Waals surface area contributed by atoms with Crippen LogP contribution >= 0.6 is 0 Å². The topological polar surface area (TPSA) is 78.6 Å². The van der Waals surface area contributed by atoms with Gasteiger partial charge >= 0.3 is 0 Å². The fourth-order valence-electron chi connectivity index (χ4n) is 3.58. The zero-order valence-corrected chi connectivity index (χ0v) is 16.5. The third-order valence-electron chi connectivity index (χ3n) is 4.94. The Bertz CT molecular complexity index is 1020. The molecule has 0 saturated carbocycles. The highest BCUT2D eigenvalue weighted by Gasteiger charge is 2.30. The first-order chi connectivity index (χ1) is 12.8. The van der Waals surface area contributed by atoms with Crippen LogP contribution in [0.4, 0.5) is 0 Å². The maximum Gasteiger partial charge on any atom is 0.238 e. The van der Waals surface area contributed by atoms with E-state index in [9.17, 15) is 8.42 Å². The number of hydrogen-bond donors (Lipinski definition) is 1. The molecule has 1 atom stereocenters. The molecule has 0 amide bonds. The molecule has 1 aliphatic carbocycles. The first-order valence-corrected chi connectivity index (χ1v) is 10.0. The van der Waals surface area contributed by atoms with Crippen LogP contribution in [0.3, 0.4) is 0 Å². The van der Waals surface area contributed by atoms with Gasteiger partial charge in [-0.25, -0.2) is 13.6 Å². The van der Waals surface area contributed by atoms with Crippen LogP contribution in [-0.2, 0) is 21.2 Å². The summed E-state index contributed by atoms with van der Waals surface area (Å²) in [6.07, 6.45) is 0.845. The molecule has 0 heterocycles. The molecule has 0 spiro atoms. The Kier molecular flexibility index (Phi) is 5.13. The van der Waals surface area contributed by atoms with Crippen molar-refractivity contribution >= 4 is 15.6 Å². The highest BCUT2D eigenvalue weighted by Crippen LogP contribution is 2.46. The van der Waals surface area contributed by atoms with Gasteiger partial charge in [-0.3, -0.25) is 0 Å². The summed E-state index contributed by atoms with van der Waals surface area (Å²) in [7, 11) is -0.509. The van der Waals surface area contributed by atoms with E-state index in [-0.39, 0.29) is 10.8 Å². The molecule has 2 N–H and O–H groups in total. The number of fused-ring (bicyclic) bond motifs is 1. The van der Waals surface area contributed by atoms with E-state index in [0.717, 1.165) is 28.9 Å². The van der Waals surface area contributed by atoms with Crippen molar-refractivity contribution in [1.82, 2.24) is 0 Å². The molecular weight excluding hydrogens is 362 g/mol. The normalized spacial score (nSPS) is 14.7. The van der Waals surface area contributed by atoms with E-state index in [2.05, 4.69) is 19.6 Å². The summed E-state index contributed by atoms with van der Waals surface area (Å²) in [6.45, 7) is 6.18. The van der Waals surface area contributed by atoms with E-state index in [1.54, 1.807) is 26.4 Å². The van der Waals surface area contributed by atoms with Crippen molar-refractivity contribution in [2.45, 2.75) is 24.2 Å². The van der Waals surface area contributed by atoms with Crippen LogP contribution in [0.2, 0.25) is 0 Å². The number of allylic oxidation sites excluding steroid dienone is 2. The lowest BCUT2D eigenvalue weighted by Crippen LogP contribution is -2.12. The van der Waals surface area contributed by atoms with Gasteiger partial charge in [0.15, 0.2) is 0 Å². The molecule has 0 fully saturated rings. The molecule has 27 heavy (non-hydrogen) atoms. The minimum atomic E-state index is -3.74. The zero-order valence-electron chi connectivity index (χ0n) is 15.7. The third kappa shape index (κ3) is 3.63. The number of hydrogen-bond acceptors (Lipinski definition) is 4. The number of methoxy groups -OCH3 is 2. The Hall–Kier alpha value is -2.57. The molecule has 142 valence electrons. The number of benzene rings is 2. The smallest absolute Gasteiger partial charge is 0.238 e. The Morgan fingerprint density at radius 2 is 1.81 bits per heavy atom. The molecule has 1 aliphatic rings. The van der Waals surface area contributed by atoms with Crippen molar-refractivity contribution in [3.05, 3.63) is 77.1 Å². The summed E-state index contributed by atoms with van der Waals surface area (Å²) < 4.78 is 34.0. The Balaban J connectivity index is 2.13. The SMILES string of the molecule is C=C(OC)C(C1=C(C)Cc2ccc(OC)cc21)c1ccc(S(N)(=O)=O)cc1. The standard InChI is InChI=1S/C21H23NO4S/c1-13-11-16-5-8-17(26-4)12-19(16)20(13)21(14(2)25-3)15-6-9-18(10-7-15)27(22,23)24/h5-10,12,21H,2,11H2,1,3-4H3,(H2,22,23,24). The summed E-state index contributed by atoms with van der Waals surface area (Å²) in [5.41, 5.74) is 5.54. The second-order valence-corrected chi connectivity index (χ2v) is 8.17. The fraction of sp³-hybridized carbons (Fsp3) is 0.238. The van der Waals surface area contributed by atoms with Crippen molar-refractivity contribution < 1.29 is 17.9 Å². The maximum atomic E-state index is 11.6. The molecule has 1 unspecified atom stereocenters. The molecule has 5 nitrogen and oxygen atoms in total. The van der Waals surface area contributed by atoms with E-state index < -0.39 is 10.0 Å². The van der Waals surface area contributed by atoms with Crippen molar-refractivity contribution in [3.63, 3.8) is 0 Å². The van der Waals surface area contributed by atoms with Gasteiger partial charge in [-0.2, -0.15) is 0 Å². The lowest BCUT2D eigenvalue weighted by atomic mass is 9.85. The number of rotatable bonds is 6. The largest absolute Gasteiger partial charge is 0.501 e. The third-order valence-corrected chi connectivity index (χ3v) is 5.87. The van der Waals surface area contributed by atoms with Gasteiger partial charge < -0.3 is 9.47 Å². The first-order valence-electron chi connectivity index (χ1n) is 8.48. The molecule has 2 aromatic carbocycles. The average molecular weight is 385 g/mol. The second kappa shape index (κ2) is 7.21. The molecule has 2 aromatic rings. The number of primary sulfonamides is 1. The predicted octanol–water partition coefficient (Wildman–Crippen LogP) is 3.62. The van der Waals surface area contributed by atoms with Gasteiger partial charge in [0.2, 0.25) is 10.0 Å². The zero-order chi connectivity index (χ0) is 19.8. The number of ether oxygens (including phenoxy) is 2. The van der Waals surface area contributed by atoms with Crippen molar-refractivity contribution in [1.29, 1.82) is 0 Å². The predicted molar refractivity (Wildman–Crippen MR) is 106 cm³/mol. The Morgan fingerprint density at radius 3 is 2.37 bits per heavy atom. The summed E-state index contributed by atoms with van der Waals surface area (Å²) in [5.74, 6) is 1.15. The van der Waals surface area contributed by atoms with E-state index in [0.29, 0.717) is 5.76 Å². The lowest BCUT2D eigenvalue weighted by Gasteiger charge is -2.23. The molecule has 0 saturated heterocycles. The summed E-state index contributed by atoms with van der Waals surface area (Å²) in [6, 6.07) is 12.6. The lowest BCUT2D eigenvalue weighted by molar-refractivity contribution is 0.278. The van der Waals surface area contributed by atoms with Gasteiger partial charge in [0.05, 0.1) is 25.0 Å². The van der Waals surface area contributed by atoms with Gasteiger partial charge in [-0.05, 0) is 59.9 Å². The van der Waals surface area contributed by atoms with Gasteiger partial charge in [0.1, 0.15) is 11.5 Å². The van der Waals surface area contributed by atoms with Crippen LogP contribution in [0.25, 0.3) is 5.57 Å². The van der Waals surface area contributed by atoms with Gasteiger partial charge in [0, 0.05) is 0 Å². The van der Waals surface area contributed by atoms with E-state index in [4.69, 9.17) is 14.6 Å². The summed E-state index contributed by atoms with van der Waals surface area (Å²) in [5, 5.41) is 5.22. The molecule has 0 bridgehead atoms. The summed E-state index contributed by atoms with van der Waals surface area (Å²) in [4.78, 5) is 0.0761. The Labute approximate surface area is 160 Å². The molecule has 6 heteroatoms. The van der Waals surface area contributed by atoms with Crippen molar-refractivity contribution in [3.8, 4) is 5.75 Å². The Morgan fingerprint density at radius 1 is 1.15 bits per heavy atom. The second-order valence-electron chi connectivity index (χ2n) is 6.61. The van der Waals surface area contributed by atoms with Crippen molar-refractivity contribution in [2.24, 2.45) is 5.14 Å². The number of sulfonamides is 1.